The zero-order chi connectivity index (χ0) is 37.4. The van der Waals surface area contributed by atoms with Gasteiger partial charge in [0.15, 0.2) is 6.29 Å². The Morgan fingerprint density at radius 2 is 0.887 bits per heavy atom. The standard InChI is InChI=1S/C37H65NO15/c39-37(53-34-35-6-2-1-3-7-35)38-9-11-40-12-13-41-14-15-42-16-17-43-18-19-44-20-21-45-22-23-46-24-25-47-26-27-48-28-29-49-30-31-50-32-33-52-36-8-4-5-10-51-36/h1-3,6-7,36H,4-5,8-34H2,(H,38,39). The molecule has 1 N–H and O–H groups in total. The van der Waals surface area contributed by atoms with E-state index in [0.29, 0.717) is 159 Å². The summed E-state index contributed by atoms with van der Waals surface area (Å²) in [7, 11) is 0. The molecule has 1 aliphatic heterocycles. The van der Waals surface area contributed by atoms with Crippen LogP contribution in [0, 0.1) is 0 Å². The average molecular weight is 764 g/mol. The summed E-state index contributed by atoms with van der Waals surface area (Å²) in [5.41, 5.74) is 0.937. The third-order valence-electron chi connectivity index (χ3n) is 7.12. The Balaban J connectivity index is 1.13. The van der Waals surface area contributed by atoms with Crippen molar-refractivity contribution in [2.24, 2.45) is 0 Å². The van der Waals surface area contributed by atoms with Crippen molar-refractivity contribution >= 4 is 6.09 Å². The van der Waals surface area contributed by atoms with Gasteiger partial charge in [-0.3, -0.25) is 0 Å². The summed E-state index contributed by atoms with van der Waals surface area (Å²) in [5, 5.41) is 2.64. The van der Waals surface area contributed by atoms with E-state index in [1.165, 1.54) is 0 Å². The van der Waals surface area contributed by atoms with Crippen LogP contribution in [-0.4, -0.2) is 177 Å². The largest absolute Gasteiger partial charge is 0.445 e. The van der Waals surface area contributed by atoms with E-state index in [0.717, 1.165) is 31.4 Å². The Kier molecular flexibility index (Phi) is 34.0. The summed E-state index contributed by atoms with van der Waals surface area (Å²) >= 11 is 0. The van der Waals surface area contributed by atoms with E-state index in [4.69, 9.17) is 66.3 Å². The van der Waals surface area contributed by atoms with Gasteiger partial charge in [-0.05, 0) is 24.8 Å². The minimum Gasteiger partial charge on any atom is -0.445 e. The van der Waals surface area contributed by atoms with Crippen LogP contribution in [0.3, 0.4) is 0 Å². The second-order valence-corrected chi connectivity index (χ2v) is 11.4. The smallest absolute Gasteiger partial charge is 0.407 e. The highest BCUT2D eigenvalue weighted by Crippen LogP contribution is 2.13. The van der Waals surface area contributed by atoms with Crippen LogP contribution >= 0.6 is 0 Å². The van der Waals surface area contributed by atoms with Crippen molar-refractivity contribution in [3.05, 3.63) is 35.9 Å². The Morgan fingerprint density at radius 3 is 1.26 bits per heavy atom. The van der Waals surface area contributed by atoms with Crippen molar-refractivity contribution in [1.82, 2.24) is 5.32 Å². The Hall–Kier alpha value is -2.03. The fourth-order valence-electron chi connectivity index (χ4n) is 4.38. The molecule has 2 rings (SSSR count). The monoisotopic (exact) mass is 763 g/mol. The van der Waals surface area contributed by atoms with Crippen LogP contribution in [0.4, 0.5) is 4.79 Å². The van der Waals surface area contributed by atoms with E-state index in [2.05, 4.69) is 5.32 Å². The van der Waals surface area contributed by atoms with Crippen molar-refractivity contribution in [1.29, 1.82) is 0 Å². The highest BCUT2D eigenvalue weighted by Gasteiger charge is 2.13. The number of nitrogens with one attached hydrogen (secondary N) is 1. The van der Waals surface area contributed by atoms with Crippen LogP contribution < -0.4 is 5.32 Å². The van der Waals surface area contributed by atoms with E-state index >= 15 is 0 Å². The van der Waals surface area contributed by atoms with Crippen LogP contribution in [0.1, 0.15) is 24.8 Å². The van der Waals surface area contributed by atoms with Gasteiger partial charge in [0.2, 0.25) is 0 Å². The zero-order valence-corrected chi connectivity index (χ0v) is 31.6. The molecule has 0 aliphatic carbocycles. The molecule has 16 nitrogen and oxygen atoms in total. The Morgan fingerprint density at radius 1 is 0.509 bits per heavy atom. The molecule has 1 heterocycles. The second-order valence-electron chi connectivity index (χ2n) is 11.4. The van der Waals surface area contributed by atoms with Gasteiger partial charge in [-0.1, -0.05) is 30.3 Å². The summed E-state index contributed by atoms with van der Waals surface area (Å²) in [4.78, 5) is 11.7. The van der Waals surface area contributed by atoms with E-state index in [1.54, 1.807) is 0 Å². The van der Waals surface area contributed by atoms with E-state index < -0.39 is 6.09 Å². The van der Waals surface area contributed by atoms with Gasteiger partial charge in [-0.2, -0.15) is 0 Å². The Bertz CT molecular complexity index is 898. The van der Waals surface area contributed by atoms with Gasteiger partial charge in [0.05, 0.1) is 152 Å². The fraction of sp³-hybridized carbons (Fsp3) is 0.811. The van der Waals surface area contributed by atoms with Gasteiger partial charge in [-0.15, -0.1) is 0 Å². The molecule has 1 unspecified atom stereocenters. The van der Waals surface area contributed by atoms with Crippen molar-refractivity contribution in [3.63, 3.8) is 0 Å². The summed E-state index contributed by atoms with van der Waals surface area (Å²) < 4.78 is 76.5. The third kappa shape index (κ3) is 33.1. The maximum Gasteiger partial charge on any atom is 0.407 e. The maximum atomic E-state index is 11.7. The molecule has 1 aromatic rings. The number of hydrogen-bond acceptors (Lipinski definition) is 15. The lowest BCUT2D eigenvalue weighted by Crippen LogP contribution is -2.28. The number of benzene rings is 1. The van der Waals surface area contributed by atoms with Gasteiger partial charge in [0.1, 0.15) is 6.61 Å². The first kappa shape index (κ1) is 47.1. The highest BCUT2D eigenvalue weighted by atomic mass is 16.7. The lowest BCUT2D eigenvalue weighted by Gasteiger charge is -2.22. The molecule has 1 amide bonds. The molecule has 0 saturated carbocycles. The van der Waals surface area contributed by atoms with E-state index in [1.807, 2.05) is 30.3 Å². The number of hydrogen-bond donors (Lipinski definition) is 1. The lowest BCUT2D eigenvalue weighted by atomic mass is 10.2. The highest BCUT2D eigenvalue weighted by molar-refractivity contribution is 5.67. The fourth-order valence-corrected chi connectivity index (χ4v) is 4.38. The number of carbonyl (C=O) groups is 1. The predicted molar refractivity (Wildman–Crippen MR) is 193 cm³/mol. The predicted octanol–water partition coefficient (Wildman–Crippen LogP) is 2.64. The summed E-state index contributed by atoms with van der Waals surface area (Å²) in [6, 6.07) is 9.51. The number of rotatable bonds is 39. The van der Waals surface area contributed by atoms with Gasteiger partial charge >= 0.3 is 6.09 Å². The van der Waals surface area contributed by atoms with Gasteiger partial charge < -0.3 is 71.6 Å². The first-order valence-corrected chi connectivity index (χ1v) is 18.9. The molecule has 1 saturated heterocycles. The summed E-state index contributed by atoms with van der Waals surface area (Å²) in [6.07, 6.45) is 2.70. The van der Waals surface area contributed by atoms with Gasteiger partial charge in [0, 0.05) is 13.2 Å². The zero-order valence-electron chi connectivity index (χ0n) is 31.6. The Labute approximate surface area is 315 Å². The van der Waals surface area contributed by atoms with E-state index in [-0.39, 0.29) is 12.9 Å². The van der Waals surface area contributed by atoms with E-state index in [9.17, 15) is 4.79 Å². The maximum absolute atomic E-state index is 11.7. The molecule has 0 radical (unpaired) electrons. The van der Waals surface area contributed by atoms with Crippen molar-refractivity contribution < 1.29 is 71.1 Å². The molecule has 0 spiro atoms. The molecule has 0 aromatic heterocycles. The van der Waals surface area contributed by atoms with Crippen LogP contribution in [0.25, 0.3) is 0 Å². The second kappa shape index (κ2) is 38.3. The molecule has 1 aliphatic rings. The van der Waals surface area contributed by atoms with Crippen LogP contribution in [0.5, 0.6) is 0 Å². The normalized spacial score (nSPS) is 14.5. The minimum atomic E-state index is -0.470. The molecular formula is C37H65NO15. The molecular weight excluding hydrogens is 698 g/mol. The number of ether oxygens (including phenoxy) is 14. The summed E-state index contributed by atoms with van der Waals surface area (Å²) in [5.74, 6) is 0. The number of carbonyl (C=O) groups excluding carboxylic acids is 1. The van der Waals surface area contributed by atoms with Gasteiger partial charge in [0.25, 0.3) is 0 Å². The van der Waals surface area contributed by atoms with Crippen LogP contribution in [0.2, 0.25) is 0 Å². The molecule has 1 aromatic carbocycles. The molecule has 1 atom stereocenters. The molecule has 308 valence electrons. The van der Waals surface area contributed by atoms with Crippen LogP contribution in [0.15, 0.2) is 30.3 Å². The first-order valence-electron chi connectivity index (χ1n) is 18.9. The van der Waals surface area contributed by atoms with Gasteiger partial charge in [-0.25, -0.2) is 4.79 Å². The summed E-state index contributed by atoms with van der Waals surface area (Å²) in [6.45, 7) is 12.7. The lowest BCUT2D eigenvalue weighted by molar-refractivity contribution is -0.169. The first-order chi connectivity index (χ1) is 26.3. The minimum absolute atomic E-state index is 0.0711. The van der Waals surface area contributed by atoms with Crippen LogP contribution in [-0.2, 0) is 72.9 Å². The molecule has 53 heavy (non-hydrogen) atoms. The molecule has 16 heteroatoms. The third-order valence-corrected chi connectivity index (χ3v) is 7.12. The SMILES string of the molecule is O=C(NCCOCCOCCOCCOCCOCCOCCOCCOCCOCCOCCOCCOC1CCCCO1)OCc1ccccc1. The molecule has 0 bridgehead atoms. The number of alkyl carbamates (subject to hydrolysis) is 1. The average Bonchev–Trinajstić information content (AvgIpc) is 3.19. The topological polar surface area (TPSA) is 158 Å². The number of amides is 1. The molecule has 1 fully saturated rings. The van der Waals surface area contributed by atoms with Crippen molar-refractivity contribution in [3.8, 4) is 0 Å². The quantitative estimate of drug-likeness (QED) is 0.0976. The van der Waals surface area contributed by atoms with Crippen molar-refractivity contribution in [2.45, 2.75) is 32.2 Å². The van der Waals surface area contributed by atoms with Crippen molar-refractivity contribution in [2.75, 3.05) is 165 Å².